The van der Waals surface area contributed by atoms with E-state index in [1.165, 1.54) is 4.68 Å². The number of hydrogen-bond donors (Lipinski definition) is 2. The smallest absolute Gasteiger partial charge is 0.435 e. The van der Waals surface area contributed by atoms with Crippen molar-refractivity contribution in [2.24, 2.45) is 23.7 Å². The Balaban J connectivity index is 1.34. The van der Waals surface area contributed by atoms with Crippen LogP contribution in [0.5, 0.6) is 0 Å². The van der Waals surface area contributed by atoms with Gasteiger partial charge in [0.1, 0.15) is 0 Å². The van der Waals surface area contributed by atoms with E-state index in [1.807, 2.05) is 12.2 Å². The van der Waals surface area contributed by atoms with Gasteiger partial charge in [0.2, 0.25) is 5.91 Å². The second-order valence-corrected chi connectivity index (χ2v) is 8.27. The van der Waals surface area contributed by atoms with E-state index in [2.05, 4.69) is 10.4 Å². The van der Waals surface area contributed by atoms with Crippen LogP contribution in [-0.4, -0.2) is 33.3 Å². The second kappa shape index (κ2) is 7.50. The van der Waals surface area contributed by atoms with E-state index in [9.17, 15) is 27.9 Å². The summed E-state index contributed by atoms with van der Waals surface area (Å²) in [6, 6.07) is 1.12. The molecule has 2 bridgehead atoms. The van der Waals surface area contributed by atoms with Gasteiger partial charge in [-0.1, -0.05) is 12.2 Å². The number of carbonyl (C=O) groups excluding carboxylic acids is 1. The van der Waals surface area contributed by atoms with E-state index < -0.39 is 29.7 Å². The molecule has 1 aromatic rings. The highest BCUT2D eigenvalue weighted by atomic mass is 19.4. The predicted octanol–water partition coefficient (Wildman–Crippen LogP) is 3.20. The monoisotopic (exact) mass is 411 g/mol. The first-order valence-electron chi connectivity index (χ1n) is 10.1. The summed E-state index contributed by atoms with van der Waals surface area (Å²) in [5, 5.41) is 16.0. The average molecular weight is 411 g/mol. The largest absolute Gasteiger partial charge is 0.481 e. The number of amides is 1. The Kier molecular flexibility index (Phi) is 5.16. The van der Waals surface area contributed by atoms with Crippen LogP contribution >= 0.6 is 0 Å². The number of rotatable bonds is 7. The number of allylic oxidation sites excluding steroid dienone is 2. The number of nitrogens with one attached hydrogen (secondary N) is 1. The number of carbonyl (C=O) groups is 2. The summed E-state index contributed by atoms with van der Waals surface area (Å²) >= 11 is 0. The molecule has 1 aromatic heterocycles. The molecule has 0 saturated heterocycles. The van der Waals surface area contributed by atoms with Crippen LogP contribution in [0.15, 0.2) is 18.2 Å². The fourth-order valence-corrected chi connectivity index (χ4v) is 4.70. The average Bonchev–Trinajstić information content (AvgIpc) is 3.43. The van der Waals surface area contributed by atoms with Crippen molar-refractivity contribution in [3.05, 3.63) is 29.6 Å². The Morgan fingerprint density at radius 1 is 1.14 bits per heavy atom. The number of hydrogen-bond acceptors (Lipinski definition) is 3. The van der Waals surface area contributed by atoms with E-state index >= 15 is 0 Å². The maximum atomic E-state index is 13.0. The van der Waals surface area contributed by atoms with E-state index in [-0.39, 0.29) is 36.8 Å². The predicted molar refractivity (Wildman–Crippen MR) is 96.8 cm³/mol. The molecule has 5 rings (SSSR count). The number of halogens is 3. The molecule has 0 radical (unpaired) electrons. The van der Waals surface area contributed by atoms with Crippen LogP contribution in [0.3, 0.4) is 0 Å². The van der Waals surface area contributed by atoms with E-state index in [0.717, 1.165) is 31.7 Å². The standard InChI is InChI=1S/C20H24F3N3O3/c21-20(22,23)15-10-14(11-2-3-11)26(25-15)9-1-8-24-18(27)16-12-4-6-13(7-5-12)17(16)19(28)29/h4,6,10-13,16-17H,1-3,5,7-9H2,(H,24,27)(H,28,29)/t12-,13+,16-,17+/m1/s1. The van der Waals surface area contributed by atoms with Crippen molar-refractivity contribution in [2.45, 2.75) is 50.7 Å². The van der Waals surface area contributed by atoms with E-state index in [1.54, 1.807) is 0 Å². The van der Waals surface area contributed by atoms with Crippen molar-refractivity contribution in [1.82, 2.24) is 15.1 Å². The van der Waals surface area contributed by atoms with Gasteiger partial charge in [0.05, 0.1) is 11.8 Å². The van der Waals surface area contributed by atoms with Gasteiger partial charge in [0.15, 0.2) is 5.69 Å². The summed E-state index contributed by atoms with van der Waals surface area (Å²) in [5.41, 5.74) is -0.276. The minimum absolute atomic E-state index is 0.0666. The molecule has 4 atom stereocenters. The van der Waals surface area contributed by atoms with Gasteiger partial charge in [-0.2, -0.15) is 18.3 Å². The zero-order valence-corrected chi connectivity index (χ0v) is 15.9. The lowest BCUT2D eigenvalue weighted by Gasteiger charge is -2.41. The van der Waals surface area contributed by atoms with Gasteiger partial charge in [0.25, 0.3) is 0 Å². The molecule has 6 nitrogen and oxygen atoms in total. The molecule has 0 spiro atoms. The van der Waals surface area contributed by atoms with Gasteiger partial charge < -0.3 is 10.4 Å². The van der Waals surface area contributed by atoms with Gasteiger partial charge in [0, 0.05) is 24.7 Å². The Labute approximate surface area is 166 Å². The quantitative estimate of drug-likeness (QED) is 0.533. The number of fused-ring (bicyclic) bond motifs is 2. The molecule has 1 amide bonds. The minimum Gasteiger partial charge on any atom is -0.481 e. The number of alkyl halides is 3. The van der Waals surface area contributed by atoms with Crippen molar-refractivity contribution in [1.29, 1.82) is 0 Å². The molecule has 1 heterocycles. The summed E-state index contributed by atoms with van der Waals surface area (Å²) in [6.07, 6.45) is 3.14. The number of nitrogens with zero attached hydrogens (tertiary/aromatic N) is 2. The summed E-state index contributed by atoms with van der Waals surface area (Å²) < 4.78 is 40.3. The molecule has 0 aromatic carbocycles. The molecule has 29 heavy (non-hydrogen) atoms. The maximum absolute atomic E-state index is 13.0. The molecule has 2 saturated carbocycles. The maximum Gasteiger partial charge on any atom is 0.435 e. The SMILES string of the molecule is O=C(O)[C@@H]1[C@H](C(=O)NCCCn2nc(C(F)(F)F)cc2C2CC2)[C@@H]2C=C[C@H]1CC2. The fraction of sp³-hybridized carbons (Fsp3) is 0.650. The third kappa shape index (κ3) is 4.04. The first kappa shape index (κ1) is 20.0. The molecular weight excluding hydrogens is 387 g/mol. The van der Waals surface area contributed by atoms with Crippen LogP contribution in [0.1, 0.15) is 49.4 Å². The van der Waals surface area contributed by atoms with Crippen LogP contribution in [0.4, 0.5) is 13.2 Å². The summed E-state index contributed by atoms with van der Waals surface area (Å²) in [7, 11) is 0. The third-order valence-electron chi connectivity index (χ3n) is 6.28. The Hall–Kier alpha value is -2.32. The van der Waals surface area contributed by atoms with Crippen LogP contribution < -0.4 is 5.32 Å². The minimum atomic E-state index is -4.47. The van der Waals surface area contributed by atoms with Gasteiger partial charge in [-0.15, -0.1) is 0 Å². The lowest BCUT2D eigenvalue weighted by molar-refractivity contribution is -0.153. The topological polar surface area (TPSA) is 84.2 Å². The van der Waals surface area contributed by atoms with Crippen molar-refractivity contribution in [3.63, 3.8) is 0 Å². The highest BCUT2D eigenvalue weighted by molar-refractivity contribution is 5.86. The van der Waals surface area contributed by atoms with Crippen LogP contribution in [-0.2, 0) is 22.3 Å². The zero-order valence-electron chi connectivity index (χ0n) is 15.9. The molecule has 158 valence electrons. The fourth-order valence-electron chi connectivity index (χ4n) is 4.70. The number of carboxylic acids is 1. The third-order valence-corrected chi connectivity index (χ3v) is 6.28. The van der Waals surface area contributed by atoms with Crippen LogP contribution in [0.2, 0.25) is 0 Å². The second-order valence-electron chi connectivity index (χ2n) is 8.27. The van der Waals surface area contributed by atoms with Gasteiger partial charge in [-0.3, -0.25) is 14.3 Å². The summed E-state index contributed by atoms with van der Waals surface area (Å²) in [6.45, 7) is 0.551. The van der Waals surface area contributed by atoms with Gasteiger partial charge >= 0.3 is 12.1 Å². The van der Waals surface area contributed by atoms with Crippen molar-refractivity contribution >= 4 is 11.9 Å². The first-order valence-corrected chi connectivity index (χ1v) is 10.1. The molecule has 4 aliphatic carbocycles. The molecule has 2 fully saturated rings. The highest BCUT2D eigenvalue weighted by Gasteiger charge is 2.48. The Morgan fingerprint density at radius 3 is 2.34 bits per heavy atom. The van der Waals surface area contributed by atoms with Crippen molar-refractivity contribution < 1.29 is 27.9 Å². The van der Waals surface area contributed by atoms with Crippen LogP contribution in [0.25, 0.3) is 0 Å². The normalized spacial score (nSPS) is 28.5. The van der Waals surface area contributed by atoms with E-state index in [4.69, 9.17) is 0 Å². The number of aryl methyl sites for hydroxylation is 1. The van der Waals surface area contributed by atoms with Crippen molar-refractivity contribution in [2.75, 3.05) is 6.54 Å². The van der Waals surface area contributed by atoms with Crippen LogP contribution in [0, 0.1) is 23.7 Å². The number of aromatic nitrogens is 2. The Bertz CT molecular complexity index is 829. The lowest BCUT2D eigenvalue weighted by atomic mass is 9.62. The van der Waals surface area contributed by atoms with Gasteiger partial charge in [-0.05, 0) is 50.0 Å². The van der Waals surface area contributed by atoms with Crippen molar-refractivity contribution in [3.8, 4) is 0 Å². The summed E-state index contributed by atoms with van der Waals surface area (Å²) in [5.74, 6) is -2.57. The lowest BCUT2D eigenvalue weighted by Crippen LogP contribution is -2.49. The zero-order chi connectivity index (χ0) is 20.8. The van der Waals surface area contributed by atoms with Gasteiger partial charge in [-0.25, -0.2) is 0 Å². The molecule has 2 N–H and O–H groups in total. The summed E-state index contributed by atoms with van der Waals surface area (Å²) in [4.78, 5) is 24.3. The molecule has 4 aliphatic rings. The molecule has 0 unspecified atom stereocenters. The number of aliphatic carboxylic acids is 1. The van der Waals surface area contributed by atoms with E-state index in [0.29, 0.717) is 12.1 Å². The highest BCUT2D eigenvalue weighted by Crippen LogP contribution is 2.45. The first-order chi connectivity index (χ1) is 13.8. The Morgan fingerprint density at radius 2 is 1.79 bits per heavy atom. The molecule has 0 aliphatic heterocycles. The molecular formula is C20H24F3N3O3. The number of carboxylic acid groups (broad SMARTS) is 1. The molecule has 9 heteroatoms.